The highest BCUT2D eigenvalue weighted by molar-refractivity contribution is 6.29. The zero-order valence-electron chi connectivity index (χ0n) is 8.10. The summed E-state index contributed by atoms with van der Waals surface area (Å²) in [6, 6.07) is 3.78. The van der Waals surface area contributed by atoms with Crippen molar-refractivity contribution in [3.8, 4) is 0 Å². The summed E-state index contributed by atoms with van der Waals surface area (Å²) in [6.45, 7) is 5.13. The van der Waals surface area contributed by atoms with Crippen molar-refractivity contribution in [3.63, 3.8) is 0 Å². The van der Waals surface area contributed by atoms with Crippen molar-refractivity contribution >= 4 is 17.3 Å². The summed E-state index contributed by atoms with van der Waals surface area (Å²) in [5, 5.41) is 3.87. The Morgan fingerprint density at radius 1 is 1.46 bits per heavy atom. The fraction of sp³-hybridized carbons (Fsp3) is 0.500. The molecule has 1 heterocycles. The lowest BCUT2D eigenvalue weighted by molar-refractivity contribution is 0.832. The van der Waals surface area contributed by atoms with E-state index in [4.69, 9.17) is 11.6 Å². The molecule has 13 heavy (non-hydrogen) atoms. The summed E-state index contributed by atoms with van der Waals surface area (Å²) < 4.78 is 0. The Morgan fingerprint density at radius 2 is 2.23 bits per heavy atom. The predicted molar refractivity (Wildman–Crippen MR) is 57.4 cm³/mol. The normalized spacial score (nSPS) is 10.1. The first-order valence-corrected chi connectivity index (χ1v) is 4.99. The Kier molecular flexibility index (Phi) is 4.03. The smallest absolute Gasteiger partial charge is 0.129 e. The van der Waals surface area contributed by atoms with Gasteiger partial charge in [0.1, 0.15) is 5.15 Å². The number of aromatic nitrogens is 1. The molecule has 0 spiro atoms. The Balaban J connectivity index is 2.56. The van der Waals surface area contributed by atoms with Gasteiger partial charge in [-0.3, -0.25) is 0 Å². The standard InChI is InChI=1S/C10H15ClN2/c1-3-4-7-12-9-5-6-10(11)13-8(9)2/h5-6,12H,3-4,7H2,1-2H3. The molecule has 0 aliphatic rings. The van der Waals surface area contributed by atoms with E-state index in [1.165, 1.54) is 12.8 Å². The molecular weight excluding hydrogens is 184 g/mol. The number of hydrogen-bond acceptors (Lipinski definition) is 2. The highest BCUT2D eigenvalue weighted by atomic mass is 35.5. The number of rotatable bonds is 4. The molecule has 1 aromatic heterocycles. The fourth-order valence-corrected chi connectivity index (χ4v) is 1.31. The zero-order valence-corrected chi connectivity index (χ0v) is 8.86. The lowest BCUT2D eigenvalue weighted by Gasteiger charge is -2.07. The minimum Gasteiger partial charge on any atom is -0.384 e. The summed E-state index contributed by atoms with van der Waals surface area (Å²) >= 11 is 5.74. The molecule has 2 nitrogen and oxygen atoms in total. The van der Waals surface area contributed by atoms with Crippen LogP contribution in [0.4, 0.5) is 5.69 Å². The molecule has 1 rings (SSSR count). The van der Waals surface area contributed by atoms with Gasteiger partial charge in [0.15, 0.2) is 0 Å². The molecule has 0 radical (unpaired) electrons. The van der Waals surface area contributed by atoms with Crippen LogP contribution in [0.25, 0.3) is 0 Å². The van der Waals surface area contributed by atoms with Crippen LogP contribution in [0, 0.1) is 6.92 Å². The first-order chi connectivity index (χ1) is 6.24. The zero-order chi connectivity index (χ0) is 9.68. The van der Waals surface area contributed by atoms with Gasteiger partial charge in [-0.15, -0.1) is 0 Å². The van der Waals surface area contributed by atoms with Crippen LogP contribution in [-0.2, 0) is 0 Å². The second-order valence-corrected chi connectivity index (χ2v) is 3.43. The van der Waals surface area contributed by atoms with Gasteiger partial charge < -0.3 is 5.32 Å². The first-order valence-electron chi connectivity index (χ1n) is 4.61. The lowest BCUT2D eigenvalue weighted by Crippen LogP contribution is -2.03. The minimum absolute atomic E-state index is 0.554. The van der Waals surface area contributed by atoms with Crippen molar-refractivity contribution in [2.24, 2.45) is 0 Å². The molecule has 0 aromatic carbocycles. The van der Waals surface area contributed by atoms with Gasteiger partial charge in [0.05, 0.1) is 11.4 Å². The van der Waals surface area contributed by atoms with Crippen LogP contribution in [0.2, 0.25) is 5.15 Å². The second kappa shape index (κ2) is 5.07. The highest BCUT2D eigenvalue weighted by Gasteiger charge is 1.98. The van der Waals surface area contributed by atoms with Crippen LogP contribution < -0.4 is 5.32 Å². The molecule has 0 saturated heterocycles. The molecule has 0 aliphatic heterocycles. The van der Waals surface area contributed by atoms with Crippen molar-refractivity contribution < 1.29 is 0 Å². The average molecular weight is 199 g/mol. The van der Waals surface area contributed by atoms with Gasteiger partial charge in [-0.25, -0.2) is 4.98 Å². The van der Waals surface area contributed by atoms with Gasteiger partial charge in [0.25, 0.3) is 0 Å². The number of nitrogens with zero attached hydrogens (tertiary/aromatic N) is 1. The van der Waals surface area contributed by atoms with Crippen LogP contribution in [0.15, 0.2) is 12.1 Å². The van der Waals surface area contributed by atoms with E-state index in [1.54, 1.807) is 0 Å². The van der Waals surface area contributed by atoms with Gasteiger partial charge in [0.2, 0.25) is 0 Å². The average Bonchev–Trinajstić information content (AvgIpc) is 2.09. The fourth-order valence-electron chi connectivity index (χ4n) is 1.12. The third-order valence-corrected chi connectivity index (χ3v) is 2.11. The van der Waals surface area contributed by atoms with E-state index in [9.17, 15) is 0 Å². The Bertz CT molecular complexity index is 274. The quantitative estimate of drug-likeness (QED) is 0.594. The van der Waals surface area contributed by atoms with Crippen LogP contribution in [0.1, 0.15) is 25.5 Å². The number of pyridine rings is 1. The third kappa shape index (κ3) is 3.23. The molecule has 0 atom stereocenters. The molecule has 0 bridgehead atoms. The van der Waals surface area contributed by atoms with Gasteiger partial charge in [-0.1, -0.05) is 24.9 Å². The van der Waals surface area contributed by atoms with Gasteiger partial charge in [0, 0.05) is 6.54 Å². The third-order valence-electron chi connectivity index (χ3n) is 1.90. The number of aryl methyl sites for hydroxylation is 1. The van der Waals surface area contributed by atoms with Crippen molar-refractivity contribution in [3.05, 3.63) is 23.0 Å². The SMILES string of the molecule is CCCCNc1ccc(Cl)nc1C. The van der Waals surface area contributed by atoms with E-state index in [-0.39, 0.29) is 0 Å². The molecule has 72 valence electrons. The monoisotopic (exact) mass is 198 g/mol. The molecule has 0 fully saturated rings. The topological polar surface area (TPSA) is 24.9 Å². The highest BCUT2D eigenvalue weighted by Crippen LogP contribution is 2.15. The van der Waals surface area contributed by atoms with Crippen molar-refractivity contribution in [2.45, 2.75) is 26.7 Å². The van der Waals surface area contributed by atoms with Crippen LogP contribution in [0.3, 0.4) is 0 Å². The number of anilines is 1. The molecule has 0 unspecified atom stereocenters. The van der Waals surface area contributed by atoms with E-state index in [0.717, 1.165) is 17.9 Å². The van der Waals surface area contributed by atoms with Gasteiger partial charge in [-0.05, 0) is 25.5 Å². The maximum atomic E-state index is 5.74. The van der Waals surface area contributed by atoms with Crippen molar-refractivity contribution in [1.82, 2.24) is 4.98 Å². The molecule has 0 saturated carbocycles. The predicted octanol–water partition coefficient (Wildman–Crippen LogP) is 3.26. The molecule has 1 aromatic rings. The summed E-state index contributed by atoms with van der Waals surface area (Å²) in [7, 11) is 0. The van der Waals surface area contributed by atoms with E-state index in [0.29, 0.717) is 5.15 Å². The molecular formula is C10H15ClN2. The Labute approximate surface area is 84.3 Å². The summed E-state index contributed by atoms with van der Waals surface area (Å²) in [5.74, 6) is 0. The van der Waals surface area contributed by atoms with Gasteiger partial charge in [-0.2, -0.15) is 0 Å². The Hall–Kier alpha value is -0.760. The second-order valence-electron chi connectivity index (χ2n) is 3.05. The maximum absolute atomic E-state index is 5.74. The number of unbranched alkanes of at least 4 members (excludes halogenated alkanes) is 1. The molecule has 1 N–H and O–H groups in total. The number of halogens is 1. The van der Waals surface area contributed by atoms with E-state index in [1.807, 2.05) is 19.1 Å². The van der Waals surface area contributed by atoms with Gasteiger partial charge >= 0.3 is 0 Å². The first kappa shape index (κ1) is 10.3. The number of hydrogen-bond donors (Lipinski definition) is 1. The van der Waals surface area contributed by atoms with Crippen molar-refractivity contribution in [1.29, 1.82) is 0 Å². The molecule has 0 amide bonds. The largest absolute Gasteiger partial charge is 0.384 e. The maximum Gasteiger partial charge on any atom is 0.129 e. The summed E-state index contributed by atoms with van der Waals surface area (Å²) in [5.41, 5.74) is 2.04. The van der Waals surface area contributed by atoms with Crippen LogP contribution in [-0.4, -0.2) is 11.5 Å². The molecule has 0 aliphatic carbocycles. The summed E-state index contributed by atoms with van der Waals surface area (Å²) in [4.78, 5) is 4.16. The van der Waals surface area contributed by atoms with E-state index >= 15 is 0 Å². The number of nitrogens with one attached hydrogen (secondary N) is 1. The molecule has 3 heteroatoms. The van der Waals surface area contributed by atoms with Crippen LogP contribution >= 0.6 is 11.6 Å². The Morgan fingerprint density at radius 3 is 2.85 bits per heavy atom. The van der Waals surface area contributed by atoms with Crippen molar-refractivity contribution in [2.75, 3.05) is 11.9 Å². The van der Waals surface area contributed by atoms with Crippen LogP contribution in [0.5, 0.6) is 0 Å². The van der Waals surface area contributed by atoms with E-state index in [2.05, 4.69) is 17.2 Å². The van der Waals surface area contributed by atoms with E-state index < -0.39 is 0 Å². The minimum atomic E-state index is 0.554. The lowest BCUT2D eigenvalue weighted by atomic mass is 10.3. The summed E-state index contributed by atoms with van der Waals surface area (Å²) in [6.07, 6.45) is 2.38.